The van der Waals surface area contributed by atoms with Gasteiger partial charge < -0.3 is 0 Å². The smallest absolute Gasteiger partial charge is 0.157 e. The molecule has 6 nitrogen and oxygen atoms in total. The monoisotopic (exact) mass is 274 g/mol. The van der Waals surface area contributed by atoms with Gasteiger partial charge in [-0.05, 0) is 6.07 Å². The van der Waals surface area contributed by atoms with Gasteiger partial charge in [-0.3, -0.25) is 0 Å². The normalized spacial score (nSPS) is 11.2. The van der Waals surface area contributed by atoms with E-state index in [0.717, 1.165) is 10.9 Å². The van der Waals surface area contributed by atoms with Crippen LogP contribution in [0.4, 0.5) is 0 Å². The van der Waals surface area contributed by atoms with Crippen molar-refractivity contribution in [3.63, 3.8) is 0 Å². The summed E-state index contributed by atoms with van der Waals surface area (Å²) in [6.07, 6.45) is 3.28. The Balaban J connectivity index is 2.11. The van der Waals surface area contributed by atoms with Gasteiger partial charge in [0.25, 0.3) is 0 Å². The van der Waals surface area contributed by atoms with Gasteiger partial charge in [0.1, 0.15) is 22.3 Å². The van der Waals surface area contributed by atoms with E-state index >= 15 is 0 Å². The van der Waals surface area contributed by atoms with Crippen molar-refractivity contribution in [3.05, 3.63) is 48.5 Å². The zero-order valence-electron chi connectivity index (χ0n) is 9.80. The lowest BCUT2D eigenvalue weighted by molar-refractivity contribution is 0.612. The molecule has 0 saturated heterocycles. The van der Waals surface area contributed by atoms with Crippen LogP contribution in [-0.4, -0.2) is 28.2 Å². The Morgan fingerprint density at radius 2 is 2.00 bits per heavy atom. The second-order valence-corrected chi connectivity index (χ2v) is 4.92. The van der Waals surface area contributed by atoms with Gasteiger partial charge >= 0.3 is 0 Å². The number of hydrogen-bond acceptors (Lipinski definition) is 5. The summed E-state index contributed by atoms with van der Waals surface area (Å²) < 4.78 is 23.1. The largest absolute Gasteiger partial charge is 0.240 e. The van der Waals surface area contributed by atoms with Crippen molar-refractivity contribution in [2.45, 2.75) is 5.75 Å². The van der Waals surface area contributed by atoms with E-state index in [1.54, 1.807) is 16.9 Å². The molecule has 0 aliphatic heterocycles. The van der Waals surface area contributed by atoms with E-state index in [4.69, 9.17) is 0 Å². The number of fused-ring (bicyclic) bond motifs is 1. The van der Waals surface area contributed by atoms with Crippen LogP contribution in [0.2, 0.25) is 0 Å². The molecule has 0 amide bonds. The van der Waals surface area contributed by atoms with E-state index in [-0.39, 0.29) is 11.6 Å². The molecule has 3 rings (SSSR count). The summed E-state index contributed by atoms with van der Waals surface area (Å²) in [6, 6.07) is 9.42. The Kier molecular flexibility index (Phi) is 2.96. The number of para-hydroxylation sites is 1. The highest BCUT2D eigenvalue weighted by Crippen LogP contribution is 2.16. The second-order valence-electron chi connectivity index (χ2n) is 3.94. The average Bonchev–Trinajstić information content (AvgIpc) is 2.82. The SMILES string of the molecule is O=[SH](=O)Cc1nccc(-n2ncc3ccccc32)n1. The molecule has 0 saturated carbocycles. The number of nitrogens with zero attached hydrogens (tertiary/aromatic N) is 4. The third-order valence-electron chi connectivity index (χ3n) is 2.66. The molecule has 0 unspecified atom stereocenters. The summed E-state index contributed by atoms with van der Waals surface area (Å²) in [5, 5.41) is 5.26. The first-order valence-electron chi connectivity index (χ1n) is 5.61. The molecule has 3 aromatic rings. The van der Waals surface area contributed by atoms with Gasteiger partial charge in [0, 0.05) is 17.6 Å². The third kappa shape index (κ3) is 2.32. The first-order chi connectivity index (χ1) is 9.24. The summed E-state index contributed by atoms with van der Waals surface area (Å²) in [4.78, 5) is 8.14. The molecule has 7 heteroatoms. The average molecular weight is 274 g/mol. The first-order valence-corrected chi connectivity index (χ1v) is 6.97. The maximum absolute atomic E-state index is 10.7. The van der Waals surface area contributed by atoms with Gasteiger partial charge in [0.05, 0.1) is 11.7 Å². The molecule has 0 radical (unpaired) electrons. The number of aromatic nitrogens is 4. The minimum absolute atomic E-state index is 0.164. The molecule has 0 N–H and O–H groups in total. The van der Waals surface area contributed by atoms with Gasteiger partial charge in [0.2, 0.25) is 0 Å². The number of hydrogen-bond donors (Lipinski definition) is 1. The highest BCUT2D eigenvalue weighted by atomic mass is 32.2. The lowest BCUT2D eigenvalue weighted by Gasteiger charge is -2.03. The quantitative estimate of drug-likeness (QED) is 0.719. The number of rotatable bonds is 3. The number of benzene rings is 1. The van der Waals surface area contributed by atoms with Crippen LogP contribution >= 0.6 is 0 Å². The lowest BCUT2D eigenvalue weighted by atomic mass is 10.2. The van der Waals surface area contributed by atoms with Crippen LogP contribution in [0.15, 0.2) is 42.7 Å². The topological polar surface area (TPSA) is 77.7 Å². The van der Waals surface area contributed by atoms with Crippen molar-refractivity contribution >= 4 is 21.6 Å². The predicted molar refractivity (Wildman–Crippen MR) is 70.7 cm³/mol. The van der Waals surface area contributed by atoms with Crippen molar-refractivity contribution in [3.8, 4) is 5.82 Å². The van der Waals surface area contributed by atoms with E-state index in [1.165, 1.54) is 6.20 Å². The van der Waals surface area contributed by atoms with Gasteiger partial charge in [-0.15, -0.1) is 0 Å². The fraction of sp³-hybridized carbons (Fsp3) is 0.0833. The van der Waals surface area contributed by atoms with Crippen LogP contribution < -0.4 is 0 Å². The molecule has 2 aromatic heterocycles. The third-order valence-corrected chi connectivity index (χ3v) is 3.20. The Morgan fingerprint density at radius 1 is 1.16 bits per heavy atom. The van der Waals surface area contributed by atoms with Gasteiger partial charge in [-0.1, -0.05) is 18.2 Å². The first kappa shape index (κ1) is 11.8. The van der Waals surface area contributed by atoms with Gasteiger partial charge in [0.15, 0.2) is 5.82 Å². The molecule has 2 heterocycles. The van der Waals surface area contributed by atoms with Gasteiger partial charge in [-0.25, -0.2) is 23.1 Å². The number of thiol groups is 1. The molecule has 0 aliphatic rings. The minimum Gasteiger partial charge on any atom is -0.240 e. The summed E-state index contributed by atoms with van der Waals surface area (Å²) in [7, 11) is -2.54. The highest BCUT2D eigenvalue weighted by molar-refractivity contribution is 7.71. The van der Waals surface area contributed by atoms with E-state index in [2.05, 4.69) is 15.1 Å². The zero-order valence-corrected chi connectivity index (χ0v) is 10.7. The molecular weight excluding hydrogens is 264 g/mol. The van der Waals surface area contributed by atoms with Crippen molar-refractivity contribution in [1.82, 2.24) is 19.7 Å². The molecule has 0 fully saturated rings. The second kappa shape index (κ2) is 4.77. The predicted octanol–water partition coefficient (Wildman–Crippen LogP) is 0.927. The Hall–Kier alpha value is -2.28. The van der Waals surface area contributed by atoms with E-state index in [9.17, 15) is 8.42 Å². The molecule has 0 aliphatic carbocycles. The minimum atomic E-state index is -2.54. The van der Waals surface area contributed by atoms with Crippen LogP contribution in [0.3, 0.4) is 0 Å². The van der Waals surface area contributed by atoms with Crippen molar-refractivity contribution < 1.29 is 8.42 Å². The Bertz CT molecular complexity index is 802. The Morgan fingerprint density at radius 3 is 2.84 bits per heavy atom. The summed E-state index contributed by atoms with van der Waals surface area (Å²) in [5.41, 5.74) is 0.915. The molecule has 1 aromatic carbocycles. The van der Waals surface area contributed by atoms with Crippen molar-refractivity contribution in [1.29, 1.82) is 0 Å². The molecule has 0 bridgehead atoms. The molecule has 96 valence electrons. The summed E-state index contributed by atoms with van der Waals surface area (Å²) >= 11 is 0. The van der Waals surface area contributed by atoms with Crippen molar-refractivity contribution in [2.24, 2.45) is 0 Å². The lowest BCUT2D eigenvalue weighted by Crippen LogP contribution is -2.04. The van der Waals surface area contributed by atoms with Crippen molar-refractivity contribution in [2.75, 3.05) is 0 Å². The molecule has 19 heavy (non-hydrogen) atoms. The standard InChI is InChI=1S/C12H10N4O2S/c17-19(18)8-11-13-6-5-12(15-11)16-10-4-2-1-3-9(10)7-14-16/h1-7,19H,8H2. The van der Waals surface area contributed by atoms with Crippen LogP contribution in [0.1, 0.15) is 5.82 Å². The molecule has 0 atom stereocenters. The van der Waals surface area contributed by atoms with E-state index in [0.29, 0.717) is 5.82 Å². The van der Waals surface area contributed by atoms with Crippen LogP contribution in [0, 0.1) is 0 Å². The molecular formula is C12H10N4O2S. The van der Waals surface area contributed by atoms with Crippen LogP contribution in [0.25, 0.3) is 16.7 Å². The zero-order chi connectivity index (χ0) is 13.2. The fourth-order valence-electron chi connectivity index (χ4n) is 1.85. The maximum atomic E-state index is 10.7. The van der Waals surface area contributed by atoms with Crippen LogP contribution in [-0.2, 0) is 16.5 Å². The fourth-order valence-corrected chi connectivity index (χ4v) is 2.24. The summed E-state index contributed by atoms with van der Waals surface area (Å²) in [6.45, 7) is 0. The Labute approximate surface area is 110 Å². The van der Waals surface area contributed by atoms with Gasteiger partial charge in [-0.2, -0.15) is 5.10 Å². The maximum Gasteiger partial charge on any atom is 0.157 e. The van der Waals surface area contributed by atoms with E-state index < -0.39 is 10.7 Å². The van der Waals surface area contributed by atoms with Crippen LogP contribution in [0.5, 0.6) is 0 Å². The molecule has 0 spiro atoms. The highest BCUT2D eigenvalue weighted by Gasteiger charge is 2.07. The summed E-state index contributed by atoms with van der Waals surface area (Å²) in [5.74, 6) is 0.666. The van der Waals surface area contributed by atoms with E-state index in [1.807, 2.05) is 24.3 Å².